The number of hydrogen-bond acceptors (Lipinski definition) is 4. The first-order valence-electron chi connectivity index (χ1n) is 6.59. The molecule has 5 nitrogen and oxygen atoms in total. The van der Waals surface area contributed by atoms with Gasteiger partial charge in [-0.2, -0.15) is 0 Å². The molecule has 3 aromatic rings. The highest BCUT2D eigenvalue weighted by Gasteiger charge is 2.17. The number of nitrogens with zero attached hydrogens (tertiary/aromatic N) is 3. The van der Waals surface area contributed by atoms with Gasteiger partial charge in [-0.25, -0.2) is 14.2 Å². The van der Waals surface area contributed by atoms with Crippen molar-refractivity contribution in [2.45, 2.75) is 6.92 Å². The fraction of sp³-hybridized carbons (Fsp3) is 0.200. The third kappa shape index (κ3) is 2.55. The molecule has 0 spiro atoms. The quantitative estimate of drug-likeness (QED) is 0.725. The number of benzene rings is 1. The lowest BCUT2D eigenvalue weighted by atomic mass is 10.2. The molecule has 0 N–H and O–H groups in total. The van der Waals surface area contributed by atoms with Crippen LogP contribution in [0.2, 0.25) is 0 Å². The fourth-order valence-electron chi connectivity index (χ4n) is 1.96. The predicted octanol–water partition coefficient (Wildman–Crippen LogP) is 3.57. The van der Waals surface area contributed by atoms with E-state index in [-0.39, 0.29) is 5.82 Å². The number of amides is 1. The average Bonchev–Trinajstić information content (AvgIpc) is 3.00. The van der Waals surface area contributed by atoms with Crippen LogP contribution in [0, 0.1) is 12.7 Å². The molecule has 2 aromatic heterocycles. The highest BCUT2D eigenvalue weighted by molar-refractivity contribution is 7.19. The van der Waals surface area contributed by atoms with Gasteiger partial charge in [-0.3, -0.25) is 4.40 Å². The second kappa shape index (κ2) is 5.42. The van der Waals surface area contributed by atoms with E-state index in [9.17, 15) is 9.18 Å². The van der Waals surface area contributed by atoms with Gasteiger partial charge in [-0.05, 0) is 31.2 Å². The Morgan fingerprint density at radius 3 is 2.59 bits per heavy atom. The van der Waals surface area contributed by atoms with Crippen molar-refractivity contribution in [1.29, 1.82) is 0 Å². The van der Waals surface area contributed by atoms with Crippen molar-refractivity contribution in [2.75, 3.05) is 14.1 Å². The number of aromatic nitrogens is 2. The molecule has 0 aliphatic heterocycles. The molecule has 0 aliphatic carbocycles. The van der Waals surface area contributed by atoms with Crippen LogP contribution in [-0.2, 0) is 0 Å². The van der Waals surface area contributed by atoms with Crippen LogP contribution in [0.25, 0.3) is 16.2 Å². The molecule has 0 fully saturated rings. The Balaban J connectivity index is 1.95. The molecule has 0 bridgehead atoms. The number of carbonyl (C=O) groups is 1. The fourth-order valence-corrected chi connectivity index (χ4v) is 2.91. The minimum Gasteiger partial charge on any atom is -0.397 e. The molecular formula is C15H14FN3O2S. The van der Waals surface area contributed by atoms with Crippen LogP contribution in [0.3, 0.4) is 0 Å². The highest BCUT2D eigenvalue weighted by atomic mass is 32.1. The molecule has 0 aliphatic rings. The van der Waals surface area contributed by atoms with Gasteiger partial charge in [-0.15, -0.1) is 0 Å². The summed E-state index contributed by atoms with van der Waals surface area (Å²) in [6.07, 6.45) is 1.42. The lowest BCUT2D eigenvalue weighted by Gasteiger charge is -2.09. The highest BCUT2D eigenvalue weighted by Crippen LogP contribution is 2.32. The number of thiazole rings is 1. The van der Waals surface area contributed by atoms with Crippen LogP contribution >= 0.6 is 11.3 Å². The van der Waals surface area contributed by atoms with Crippen molar-refractivity contribution < 1.29 is 13.9 Å². The van der Waals surface area contributed by atoms with Gasteiger partial charge in [0.25, 0.3) is 0 Å². The van der Waals surface area contributed by atoms with Crippen molar-refractivity contribution in [3.8, 4) is 16.3 Å². The monoisotopic (exact) mass is 319 g/mol. The van der Waals surface area contributed by atoms with Gasteiger partial charge in [0.15, 0.2) is 4.96 Å². The number of carbonyl (C=O) groups excluding carboxylic acids is 1. The maximum absolute atomic E-state index is 13.0. The van der Waals surface area contributed by atoms with Crippen LogP contribution in [0.4, 0.5) is 9.18 Å². The maximum atomic E-state index is 13.0. The van der Waals surface area contributed by atoms with E-state index in [4.69, 9.17) is 4.74 Å². The van der Waals surface area contributed by atoms with E-state index in [0.29, 0.717) is 5.06 Å². The first-order valence-corrected chi connectivity index (χ1v) is 7.41. The summed E-state index contributed by atoms with van der Waals surface area (Å²) in [5.41, 5.74) is 2.39. The summed E-state index contributed by atoms with van der Waals surface area (Å²) in [6.45, 7) is 1.86. The zero-order valence-corrected chi connectivity index (χ0v) is 13.1. The number of halogens is 1. The molecule has 1 aromatic carbocycles. The molecule has 0 unspecified atom stereocenters. The van der Waals surface area contributed by atoms with Gasteiger partial charge >= 0.3 is 6.09 Å². The summed E-state index contributed by atoms with van der Waals surface area (Å²) in [7, 11) is 3.26. The maximum Gasteiger partial charge on any atom is 0.415 e. The van der Waals surface area contributed by atoms with Crippen LogP contribution in [0.15, 0.2) is 30.5 Å². The van der Waals surface area contributed by atoms with E-state index in [0.717, 1.165) is 21.9 Å². The summed E-state index contributed by atoms with van der Waals surface area (Å²) < 4.78 is 20.1. The Hall–Kier alpha value is -2.41. The number of aryl methyl sites for hydroxylation is 1. The molecule has 1 amide bonds. The molecule has 3 rings (SSSR count). The smallest absolute Gasteiger partial charge is 0.397 e. The molecule has 0 saturated heterocycles. The lowest BCUT2D eigenvalue weighted by Crippen LogP contribution is -2.25. The first kappa shape index (κ1) is 14.5. The third-order valence-electron chi connectivity index (χ3n) is 3.20. The second-order valence-electron chi connectivity index (χ2n) is 5.02. The number of hydrogen-bond donors (Lipinski definition) is 0. The molecule has 2 heterocycles. The molecule has 0 atom stereocenters. The molecular weight excluding hydrogens is 305 g/mol. The van der Waals surface area contributed by atoms with E-state index in [1.54, 1.807) is 26.2 Å². The van der Waals surface area contributed by atoms with Crippen molar-refractivity contribution in [1.82, 2.24) is 14.3 Å². The summed E-state index contributed by atoms with van der Waals surface area (Å²) in [5.74, 6) is -0.279. The van der Waals surface area contributed by atoms with E-state index >= 15 is 0 Å². The number of fused-ring (bicyclic) bond motifs is 1. The zero-order valence-electron chi connectivity index (χ0n) is 12.3. The molecule has 114 valence electrons. The van der Waals surface area contributed by atoms with Gasteiger partial charge in [0.05, 0.1) is 11.4 Å². The summed E-state index contributed by atoms with van der Waals surface area (Å²) >= 11 is 1.30. The zero-order chi connectivity index (χ0) is 15.9. The topological polar surface area (TPSA) is 46.8 Å². The largest absolute Gasteiger partial charge is 0.415 e. The van der Waals surface area contributed by atoms with Crippen LogP contribution in [-0.4, -0.2) is 34.5 Å². The molecule has 0 radical (unpaired) electrons. The normalized spacial score (nSPS) is 10.9. The van der Waals surface area contributed by atoms with Crippen molar-refractivity contribution in [3.05, 3.63) is 42.0 Å². The standard InChI is InChI=1S/C15H14FN3O2S/c1-9-13(21-15(20)18(2)3)22-14-17-12(8-19(9)14)10-4-6-11(16)7-5-10/h4-8H,1-3H3. The van der Waals surface area contributed by atoms with Gasteiger partial charge in [0.2, 0.25) is 5.06 Å². The Kier molecular flexibility index (Phi) is 3.58. The van der Waals surface area contributed by atoms with Crippen LogP contribution < -0.4 is 4.74 Å². The van der Waals surface area contributed by atoms with E-state index < -0.39 is 6.09 Å². The summed E-state index contributed by atoms with van der Waals surface area (Å²) in [5, 5.41) is 0.520. The number of rotatable bonds is 2. The minimum atomic E-state index is -0.425. The SMILES string of the molecule is Cc1c(OC(=O)N(C)C)sc2nc(-c3ccc(F)cc3)cn12. The Morgan fingerprint density at radius 1 is 1.32 bits per heavy atom. The average molecular weight is 319 g/mol. The van der Waals surface area contributed by atoms with Gasteiger partial charge in [0, 0.05) is 25.9 Å². The number of imidazole rings is 1. The summed E-state index contributed by atoms with van der Waals surface area (Å²) in [4.78, 5) is 18.2. The third-order valence-corrected chi connectivity index (χ3v) is 4.23. The predicted molar refractivity (Wildman–Crippen MR) is 82.9 cm³/mol. The first-order chi connectivity index (χ1) is 10.5. The Morgan fingerprint density at radius 2 is 2.00 bits per heavy atom. The van der Waals surface area contributed by atoms with Crippen molar-refractivity contribution in [3.63, 3.8) is 0 Å². The van der Waals surface area contributed by atoms with Gasteiger partial charge in [0.1, 0.15) is 5.82 Å². The van der Waals surface area contributed by atoms with Crippen LogP contribution in [0.5, 0.6) is 5.06 Å². The Bertz CT molecular complexity index is 836. The van der Waals surface area contributed by atoms with Crippen molar-refractivity contribution in [2.24, 2.45) is 0 Å². The van der Waals surface area contributed by atoms with Gasteiger partial charge in [-0.1, -0.05) is 11.3 Å². The molecule has 22 heavy (non-hydrogen) atoms. The second-order valence-corrected chi connectivity index (χ2v) is 5.96. The molecule has 7 heteroatoms. The van der Waals surface area contributed by atoms with E-state index in [2.05, 4.69) is 4.98 Å². The van der Waals surface area contributed by atoms with Crippen molar-refractivity contribution >= 4 is 22.4 Å². The summed E-state index contributed by atoms with van der Waals surface area (Å²) in [6, 6.07) is 6.17. The lowest BCUT2D eigenvalue weighted by molar-refractivity contribution is 0.173. The molecule has 0 saturated carbocycles. The minimum absolute atomic E-state index is 0.279. The van der Waals surface area contributed by atoms with E-state index in [1.165, 1.54) is 28.4 Å². The Labute approximate surface area is 130 Å². The van der Waals surface area contributed by atoms with Crippen LogP contribution in [0.1, 0.15) is 5.69 Å². The number of ether oxygens (including phenoxy) is 1. The van der Waals surface area contributed by atoms with Gasteiger partial charge < -0.3 is 9.64 Å². The van der Waals surface area contributed by atoms with E-state index in [1.807, 2.05) is 17.5 Å².